The molecule has 0 unspecified atom stereocenters. The van der Waals surface area contributed by atoms with Crippen LogP contribution in [0.25, 0.3) is 0 Å². The summed E-state index contributed by atoms with van der Waals surface area (Å²) < 4.78 is 14.8. The van der Waals surface area contributed by atoms with Crippen LogP contribution in [0.5, 0.6) is 0 Å². The minimum absolute atomic E-state index is 0.209. The Kier molecular flexibility index (Phi) is 2.14. The standard InChI is InChI=1S/C9H9FN4/c1-14-6-7(5-12-14)13-9-8(10)3-2-4-11-9/h2-6H,1H3,(H,11,13). The van der Waals surface area contributed by atoms with E-state index in [1.165, 1.54) is 12.3 Å². The van der Waals surface area contributed by atoms with Gasteiger partial charge < -0.3 is 5.32 Å². The first-order valence-corrected chi connectivity index (χ1v) is 4.12. The van der Waals surface area contributed by atoms with Crippen LogP contribution in [0, 0.1) is 5.82 Å². The largest absolute Gasteiger partial charge is 0.335 e. The summed E-state index contributed by atoms with van der Waals surface area (Å²) in [4.78, 5) is 3.86. The second-order valence-electron chi connectivity index (χ2n) is 2.86. The van der Waals surface area contributed by atoms with Crippen LogP contribution in [-0.4, -0.2) is 14.8 Å². The van der Waals surface area contributed by atoms with Crippen molar-refractivity contribution in [3.63, 3.8) is 0 Å². The Balaban J connectivity index is 2.23. The maximum Gasteiger partial charge on any atom is 0.166 e. The molecule has 4 nitrogen and oxygen atoms in total. The lowest BCUT2D eigenvalue weighted by Crippen LogP contribution is -1.95. The molecule has 0 aliphatic heterocycles. The lowest BCUT2D eigenvalue weighted by Gasteiger charge is -2.01. The highest BCUT2D eigenvalue weighted by molar-refractivity contribution is 5.54. The van der Waals surface area contributed by atoms with Gasteiger partial charge >= 0.3 is 0 Å². The van der Waals surface area contributed by atoms with Crippen molar-refractivity contribution < 1.29 is 4.39 Å². The van der Waals surface area contributed by atoms with Gasteiger partial charge in [0.2, 0.25) is 0 Å². The molecule has 2 aromatic heterocycles. The number of anilines is 2. The number of aromatic nitrogens is 3. The van der Waals surface area contributed by atoms with E-state index in [-0.39, 0.29) is 11.6 Å². The summed E-state index contributed by atoms with van der Waals surface area (Å²) in [6.07, 6.45) is 4.88. The molecule has 1 N–H and O–H groups in total. The topological polar surface area (TPSA) is 42.7 Å². The third-order valence-corrected chi connectivity index (χ3v) is 1.73. The van der Waals surface area contributed by atoms with Crippen LogP contribution in [0.15, 0.2) is 30.7 Å². The normalized spacial score (nSPS) is 10.1. The molecule has 2 rings (SSSR count). The summed E-state index contributed by atoms with van der Waals surface area (Å²) in [5.41, 5.74) is 0.713. The molecule has 0 atom stereocenters. The second-order valence-corrected chi connectivity index (χ2v) is 2.86. The third kappa shape index (κ3) is 1.71. The Morgan fingerprint density at radius 2 is 2.36 bits per heavy atom. The fourth-order valence-electron chi connectivity index (χ4n) is 1.10. The predicted molar refractivity (Wildman–Crippen MR) is 50.7 cm³/mol. The third-order valence-electron chi connectivity index (χ3n) is 1.73. The van der Waals surface area contributed by atoms with Gasteiger partial charge in [0, 0.05) is 19.4 Å². The van der Waals surface area contributed by atoms with E-state index in [9.17, 15) is 4.39 Å². The molecule has 0 saturated heterocycles. The minimum Gasteiger partial charge on any atom is -0.335 e. The van der Waals surface area contributed by atoms with Crippen LogP contribution in [-0.2, 0) is 7.05 Å². The van der Waals surface area contributed by atoms with E-state index < -0.39 is 0 Å². The molecule has 0 bridgehead atoms. The smallest absolute Gasteiger partial charge is 0.166 e. The minimum atomic E-state index is -0.378. The fourth-order valence-corrected chi connectivity index (χ4v) is 1.10. The summed E-state index contributed by atoms with van der Waals surface area (Å²) in [5, 5.41) is 6.77. The van der Waals surface area contributed by atoms with Crippen molar-refractivity contribution in [1.29, 1.82) is 0 Å². The Morgan fingerprint density at radius 1 is 1.50 bits per heavy atom. The first kappa shape index (κ1) is 8.68. The molecule has 5 heteroatoms. The van der Waals surface area contributed by atoms with E-state index >= 15 is 0 Å². The molecule has 14 heavy (non-hydrogen) atoms. The number of halogens is 1. The van der Waals surface area contributed by atoms with Crippen LogP contribution < -0.4 is 5.32 Å². The van der Waals surface area contributed by atoms with E-state index in [0.717, 1.165) is 0 Å². The van der Waals surface area contributed by atoms with Crippen molar-refractivity contribution in [2.24, 2.45) is 7.05 Å². The number of nitrogens with one attached hydrogen (secondary N) is 1. The summed E-state index contributed by atoms with van der Waals surface area (Å²) in [7, 11) is 1.79. The monoisotopic (exact) mass is 192 g/mol. The maximum absolute atomic E-state index is 13.1. The summed E-state index contributed by atoms with van der Waals surface area (Å²) in [5.74, 6) is -0.170. The Morgan fingerprint density at radius 3 is 3.00 bits per heavy atom. The average Bonchev–Trinajstić information content (AvgIpc) is 2.56. The molecule has 0 aromatic carbocycles. The SMILES string of the molecule is Cn1cc(Nc2ncccc2F)cn1. The van der Waals surface area contributed by atoms with Crippen molar-refractivity contribution in [2.75, 3.05) is 5.32 Å². The molecule has 0 radical (unpaired) electrons. The molecule has 0 amide bonds. The van der Waals surface area contributed by atoms with Gasteiger partial charge in [-0.05, 0) is 12.1 Å². The van der Waals surface area contributed by atoms with Gasteiger partial charge in [-0.2, -0.15) is 5.10 Å². The first-order chi connectivity index (χ1) is 6.75. The number of hydrogen-bond donors (Lipinski definition) is 1. The molecular formula is C9H9FN4. The number of pyridine rings is 1. The highest BCUT2D eigenvalue weighted by atomic mass is 19.1. The van der Waals surface area contributed by atoms with Gasteiger partial charge in [-0.15, -0.1) is 0 Å². The van der Waals surface area contributed by atoms with Crippen molar-refractivity contribution >= 4 is 11.5 Å². The van der Waals surface area contributed by atoms with Crippen molar-refractivity contribution in [1.82, 2.24) is 14.8 Å². The van der Waals surface area contributed by atoms with Crippen LogP contribution in [0.3, 0.4) is 0 Å². The Labute approximate surface area is 80.4 Å². The van der Waals surface area contributed by atoms with Crippen molar-refractivity contribution in [3.05, 3.63) is 36.5 Å². The molecule has 2 heterocycles. The lowest BCUT2D eigenvalue weighted by molar-refractivity contribution is 0.626. The fraction of sp³-hybridized carbons (Fsp3) is 0.111. The van der Waals surface area contributed by atoms with Crippen LogP contribution in [0.4, 0.5) is 15.9 Å². The molecule has 2 aromatic rings. The Hall–Kier alpha value is -1.91. The van der Waals surface area contributed by atoms with E-state index in [4.69, 9.17) is 0 Å². The lowest BCUT2D eigenvalue weighted by atomic mass is 10.4. The second kappa shape index (κ2) is 3.45. The van der Waals surface area contributed by atoms with Gasteiger partial charge in [-0.3, -0.25) is 4.68 Å². The zero-order valence-electron chi connectivity index (χ0n) is 7.61. The zero-order chi connectivity index (χ0) is 9.97. The zero-order valence-corrected chi connectivity index (χ0v) is 7.61. The molecule has 0 aliphatic rings. The molecule has 0 saturated carbocycles. The summed E-state index contributed by atoms with van der Waals surface area (Å²) in [6, 6.07) is 2.90. The highest BCUT2D eigenvalue weighted by Crippen LogP contribution is 2.15. The number of rotatable bonds is 2. The number of nitrogens with zero attached hydrogens (tertiary/aromatic N) is 3. The highest BCUT2D eigenvalue weighted by Gasteiger charge is 2.02. The number of hydrogen-bond acceptors (Lipinski definition) is 3. The Bertz CT molecular complexity index is 438. The summed E-state index contributed by atoms with van der Waals surface area (Å²) in [6.45, 7) is 0. The van der Waals surface area contributed by atoms with Crippen LogP contribution in [0.2, 0.25) is 0 Å². The van der Waals surface area contributed by atoms with E-state index in [1.807, 2.05) is 0 Å². The van der Waals surface area contributed by atoms with E-state index in [2.05, 4.69) is 15.4 Å². The van der Waals surface area contributed by atoms with Gasteiger partial charge in [0.1, 0.15) is 0 Å². The number of aryl methyl sites for hydroxylation is 1. The van der Waals surface area contributed by atoms with Crippen molar-refractivity contribution in [2.45, 2.75) is 0 Å². The average molecular weight is 192 g/mol. The van der Waals surface area contributed by atoms with Gasteiger partial charge in [0.25, 0.3) is 0 Å². The van der Waals surface area contributed by atoms with E-state index in [0.29, 0.717) is 5.69 Å². The van der Waals surface area contributed by atoms with Gasteiger partial charge in [0.15, 0.2) is 11.6 Å². The quantitative estimate of drug-likeness (QED) is 0.787. The molecular weight excluding hydrogens is 183 g/mol. The van der Waals surface area contributed by atoms with Crippen molar-refractivity contribution in [3.8, 4) is 0 Å². The molecule has 0 aliphatic carbocycles. The predicted octanol–water partition coefficient (Wildman–Crippen LogP) is 1.70. The van der Waals surface area contributed by atoms with Gasteiger partial charge in [0.05, 0.1) is 11.9 Å². The van der Waals surface area contributed by atoms with Gasteiger partial charge in [-0.1, -0.05) is 0 Å². The van der Waals surface area contributed by atoms with Crippen LogP contribution >= 0.6 is 0 Å². The van der Waals surface area contributed by atoms with E-state index in [1.54, 1.807) is 30.2 Å². The molecule has 0 fully saturated rings. The van der Waals surface area contributed by atoms with Gasteiger partial charge in [-0.25, -0.2) is 9.37 Å². The summed E-state index contributed by atoms with van der Waals surface area (Å²) >= 11 is 0. The molecule has 0 spiro atoms. The first-order valence-electron chi connectivity index (χ1n) is 4.12. The van der Waals surface area contributed by atoms with Crippen LogP contribution in [0.1, 0.15) is 0 Å². The maximum atomic E-state index is 13.1. The molecule has 72 valence electrons.